The van der Waals surface area contributed by atoms with Gasteiger partial charge in [0.15, 0.2) is 6.10 Å². The van der Waals surface area contributed by atoms with Crippen molar-refractivity contribution >= 4 is 17.9 Å². The molecular formula is C77H132O6. The molecule has 0 fully saturated rings. The molecule has 0 aromatic carbocycles. The molecule has 0 spiro atoms. The average molecular weight is 1150 g/mol. The van der Waals surface area contributed by atoms with Gasteiger partial charge in [0, 0.05) is 19.3 Å². The van der Waals surface area contributed by atoms with Gasteiger partial charge in [0.1, 0.15) is 13.2 Å². The first-order valence-electron chi connectivity index (χ1n) is 35.4. The molecule has 0 saturated heterocycles. The highest BCUT2D eigenvalue weighted by Crippen LogP contribution is 2.17. The smallest absolute Gasteiger partial charge is 0.306 e. The Labute approximate surface area is 514 Å². The summed E-state index contributed by atoms with van der Waals surface area (Å²) in [5.74, 6) is -0.916. The van der Waals surface area contributed by atoms with E-state index in [-0.39, 0.29) is 31.1 Å². The van der Waals surface area contributed by atoms with Crippen molar-refractivity contribution in [1.82, 2.24) is 0 Å². The van der Waals surface area contributed by atoms with Crippen molar-refractivity contribution in [2.45, 2.75) is 348 Å². The molecular weight excluding hydrogens is 1020 g/mol. The fourth-order valence-corrected chi connectivity index (χ4v) is 9.94. The maximum absolute atomic E-state index is 13.0. The molecule has 0 amide bonds. The van der Waals surface area contributed by atoms with Crippen LogP contribution in [0.15, 0.2) is 109 Å². The van der Waals surface area contributed by atoms with Gasteiger partial charge in [-0.1, -0.05) is 304 Å². The second-order valence-electron chi connectivity index (χ2n) is 23.4. The lowest BCUT2D eigenvalue weighted by molar-refractivity contribution is -0.167. The molecule has 0 aliphatic rings. The largest absolute Gasteiger partial charge is 0.462 e. The van der Waals surface area contributed by atoms with Crippen LogP contribution in [0.1, 0.15) is 342 Å². The van der Waals surface area contributed by atoms with E-state index in [2.05, 4.69) is 130 Å². The van der Waals surface area contributed by atoms with E-state index in [1.54, 1.807) is 0 Å². The third-order valence-electron chi connectivity index (χ3n) is 15.2. The van der Waals surface area contributed by atoms with Gasteiger partial charge in [-0.05, 0) is 128 Å². The Morgan fingerprint density at radius 1 is 0.253 bits per heavy atom. The molecule has 0 radical (unpaired) electrons. The number of hydrogen-bond acceptors (Lipinski definition) is 6. The lowest BCUT2D eigenvalue weighted by atomic mass is 10.0. The number of esters is 3. The lowest BCUT2D eigenvalue weighted by Gasteiger charge is -2.18. The molecule has 1 unspecified atom stereocenters. The predicted octanol–water partition coefficient (Wildman–Crippen LogP) is 24.6. The molecule has 1 atom stereocenters. The molecule has 476 valence electrons. The third kappa shape index (κ3) is 68.7. The van der Waals surface area contributed by atoms with Gasteiger partial charge in [-0.2, -0.15) is 0 Å². The van der Waals surface area contributed by atoms with E-state index in [0.29, 0.717) is 19.3 Å². The second-order valence-corrected chi connectivity index (χ2v) is 23.4. The highest BCUT2D eigenvalue weighted by Gasteiger charge is 2.19. The standard InChI is InChI=1S/C77H132O6/c1-4-7-10-13-16-19-22-25-28-31-33-35-36-37-38-39-40-42-43-46-49-52-55-58-61-64-67-70-76(79)82-73-74(72-81-75(78)69-66-63-60-57-54-51-48-45-30-27-24-21-18-15-12-9-6-3)83-77(80)71-68-65-62-59-56-53-50-47-44-41-34-32-29-26-23-20-17-14-11-8-5-2/h9,12,18,21-23,25-27,30-34,44,47-48,51,74H,4-8,10-11,13-17,19-20,24,28-29,35-43,45-46,49-50,52-73H2,1-3H3/b12-9-,21-18-,25-22-,26-23-,30-27-,33-31-,34-32-,47-44-,51-48-. The highest BCUT2D eigenvalue weighted by molar-refractivity contribution is 5.71. The maximum Gasteiger partial charge on any atom is 0.306 e. The van der Waals surface area contributed by atoms with Crippen molar-refractivity contribution in [2.75, 3.05) is 13.2 Å². The highest BCUT2D eigenvalue weighted by atomic mass is 16.6. The minimum absolute atomic E-state index is 0.0911. The van der Waals surface area contributed by atoms with E-state index in [1.165, 1.54) is 173 Å². The van der Waals surface area contributed by atoms with Crippen molar-refractivity contribution in [2.24, 2.45) is 0 Å². The summed E-state index contributed by atoms with van der Waals surface area (Å²) in [4.78, 5) is 38.5. The Bertz CT molecular complexity index is 1660. The average Bonchev–Trinajstić information content (AvgIpc) is 3.50. The van der Waals surface area contributed by atoms with E-state index in [0.717, 1.165) is 128 Å². The molecule has 83 heavy (non-hydrogen) atoms. The number of carbonyl (C=O) groups is 3. The molecule has 6 heteroatoms. The first kappa shape index (κ1) is 79.1. The van der Waals surface area contributed by atoms with Crippen LogP contribution >= 0.6 is 0 Å². The van der Waals surface area contributed by atoms with Crippen molar-refractivity contribution in [3.63, 3.8) is 0 Å². The Morgan fingerprint density at radius 2 is 0.470 bits per heavy atom. The first-order chi connectivity index (χ1) is 41.0. The molecule has 0 bridgehead atoms. The topological polar surface area (TPSA) is 78.9 Å². The number of allylic oxidation sites excluding steroid dienone is 18. The van der Waals surface area contributed by atoms with Gasteiger partial charge < -0.3 is 14.2 Å². The second kappa shape index (κ2) is 70.6. The van der Waals surface area contributed by atoms with E-state index >= 15 is 0 Å². The van der Waals surface area contributed by atoms with Gasteiger partial charge in [-0.25, -0.2) is 0 Å². The molecule has 0 saturated carbocycles. The monoisotopic (exact) mass is 1150 g/mol. The summed E-state index contributed by atoms with van der Waals surface area (Å²) in [6.45, 7) is 6.51. The maximum atomic E-state index is 13.0. The summed E-state index contributed by atoms with van der Waals surface area (Å²) in [6.07, 6.45) is 96.8. The fraction of sp³-hybridized carbons (Fsp3) is 0.727. The van der Waals surface area contributed by atoms with Crippen LogP contribution in [0.3, 0.4) is 0 Å². The number of unbranched alkanes of at least 4 members (excludes halogenated alkanes) is 35. The Hall–Kier alpha value is -3.93. The summed E-state index contributed by atoms with van der Waals surface area (Å²) in [7, 11) is 0. The Balaban J connectivity index is 4.37. The molecule has 0 rings (SSSR count). The number of carbonyl (C=O) groups excluding carboxylic acids is 3. The molecule has 6 nitrogen and oxygen atoms in total. The minimum Gasteiger partial charge on any atom is -0.462 e. The Kier molecular flexibility index (Phi) is 67.2. The summed E-state index contributed by atoms with van der Waals surface area (Å²) >= 11 is 0. The lowest BCUT2D eigenvalue weighted by Crippen LogP contribution is -2.30. The van der Waals surface area contributed by atoms with Crippen molar-refractivity contribution < 1.29 is 28.6 Å². The summed E-state index contributed by atoms with van der Waals surface area (Å²) in [6, 6.07) is 0. The van der Waals surface area contributed by atoms with Crippen molar-refractivity contribution in [3.05, 3.63) is 109 Å². The van der Waals surface area contributed by atoms with Crippen LogP contribution < -0.4 is 0 Å². The molecule has 0 aromatic rings. The number of ether oxygens (including phenoxy) is 3. The number of rotatable bonds is 64. The van der Waals surface area contributed by atoms with Crippen LogP contribution in [-0.4, -0.2) is 37.2 Å². The van der Waals surface area contributed by atoms with Gasteiger partial charge in [-0.15, -0.1) is 0 Å². The predicted molar refractivity (Wildman–Crippen MR) is 362 cm³/mol. The molecule has 0 heterocycles. The van der Waals surface area contributed by atoms with Crippen LogP contribution in [0.2, 0.25) is 0 Å². The van der Waals surface area contributed by atoms with E-state index in [1.807, 2.05) is 0 Å². The van der Waals surface area contributed by atoms with Crippen LogP contribution in [0, 0.1) is 0 Å². The SMILES string of the molecule is CC/C=C\C/C=C\C/C=C\C/C=C\CCCCCCC(=O)OCC(COC(=O)CCCCCCCCCCCCCCCCC/C=C\C/C=C\CCCCCCC)OC(=O)CCCCCCCC/C=C\C/C=C\C/C=C\CCCCCCC. The van der Waals surface area contributed by atoms with Crippen LogP contribution in [0.4, 0.5) is 0 Å². The minimum atomic E-state index is -0.799. The van der Waals surface area contributed by atoms with Gasteiger partial charge in [0.25, 0.3) is 0 Å². The van der Waals surface area contributed by atoms with Gasteiger partial charge in [-0.3, -0.25) is 14.4 Å². The van der Waals surface area contributed by atoms with Crippen LogP contribution in [0.5, 0.6) is 0 Å². The summed E-state index contributed by atoms with van der Waals surface area (Å²) in [5, 5.41) is 0. The van der Waals surface area contributed by atoms with E-state index in [9.17, 15) is 14.4 Å². The quantitative estimate of drug-likeness (QED) is 0.0261. The van der Waals surface area contributed by atoms with Crippen molar-refractivity contribution in [3.8, 4) is 0 Å². The summed E-state index contributed by atoms with van der Waals surface area (Å²) in [5.41, 5.74) is 0. The van der Waals surface area contributed by atoms with Gasteiger partial charge >= 0.3 is 17.9 Å². The fourth-order valence-electron chi connectivity index (χ4n) is 9.94. The molecule has 0 aliphatic heterocycles. The van der Waals surface area contributed by atoms with Gasteiger partial charge in [0.05, 0.1) is 0 Å². The molecule has 0 aromatic heterocycles. The van der Waals surface area contributed by atoms with E-state index in [4.69, 9.17) is 14.2 Å². The van der Waals surface area contributed by atoms with Crippen LogP contribution in [0.25, 0.3) is 0 Å². The zero-order chi connectivity index (χ0) is 59.9. The number of hydrogen-bond donors (Lipinski definition) is 0. The van der Waals surface area contributed by atoms with Crippen LogP contribution in [-0.2, 0) is 28.6 Å². The molecule has 0 aliphatic carbocycles. The van der Waals surface area contributed by atoms with E-state index < -0.39 is 6.10 Å². The Morgan fingerprint density at radius 3 is 0.735 bits per heavy atom. The zero-order valence-electron chi connectivity index (χ0n) is 54.7. The third-order valence-corrected chi connectivity index (χ3v) is 15.2. The normalized spacial score (nSPS) is 12.8. The first-order valence-corrected chi connectivity index (χ1v) is 35.4. The van der Waals surface area contributed by atoms with Crippen molar-refractivity contribution in [1.29, 1.82) is 0 Å². The van der Waals surface area contributed by atoms with Gasteiger partial charge in [0.2, 0.25) is 0 Å². The summed E-state index contributed by atoms with van der Waals surface area (Å²) < 4.78 is 17.0. The zero-order valence-corrected chi connectivity index (χ0v) is 54.7. The molecule has 0 N–H and O–H groups in total.